The monoisotopic (exact) mass is 361 g/mol. The summed E-state index contributed by atoms with van der Waals surface area (Å²) in [6.45, 7) is 3.34. The van der Waals surface area contributed by atoms with Gasteiger partial charge in [-0.25, -0.2) is 0 Å². The van der Waals surface area contributed by atoms with Gasteiger partial charge in [-0.2, -0.15) is 0 Å². The lowest BCUT2D eigenvalue weighted by molar-refractivity contribution is -0.122. The van der Waals surface area contributed by atoms with E-state index >= 15 is 0 Å². The SMILES string of the molecule is COCCOCCC(=O)NCc1ccc(-c2nnc(C(C)O)nn2)cc1. The Morgan fingerprint density at radius 3 is 2.42 bits per heavy atom. The van der Waals surface area contributed by atoms with Crippen LogP contribution in [0, 0.1) is 0 Å². The first-order valence-electron chi connectivity index (χ1n) is 8.28. The lowest BCUT2D eigenvalue weighted by Gasteiger charge is -2.07. The van der Waals surface area contributed by atoms with E-state index in [1.807, 2.05) is 24.3 Å². The molecule has 1 atom stereocenters. The number of amides is 1. The maximum atomic E-state index is 11.7. The van der Waals surface area contributed by atoms with Gasteiger partial charge in [0.1, 0.15) is 6.10 Å². The topological polar surface area (TPSA) is 119 Å². The number of nitrogens with one attached hydrogen (secondary N) is 1. The molecule has 0 aliphatic heterocycles. The number of benzene rings is 1. The molecular formula is C17H23N5O4. The maximum Gasteiger partial charge on any atom is 0.222 e. The third-order valence-electron chi connectivity index (χ3n) is 3.48. The van der Waals surface area contributed by atoms with Gasteiger partial charge in [-0.05, 0) is 12.5 Å². The molecule has 1 amide bonds. The molecule has 0 aliphatic rings. The number of nitrogens with zero attached hydrogens (tertiary/aromatic N) is 4. The molecule has 0 saturated carbocycles. The molecule has 1 heterocycles. The van der Waals surface area contributed by atoms with E-state index in [1.165, 1.54) is 0 Å². The molecule has 140 valence electrons. The third kappa shape index (κ3) is 6.43. The van der Waals surface area contributed by atoms with Crippen LogP contribution in [0.3, 0.4) is 0 Å². The molecule has 2 aromatic rings. The molecule has 2 N–H and O–H groups in total. The minimum absolute atomic E-state index is 0.0723. The Morgan fingerprint density at radius 1 is 1.12 bits per heavy atom. The van der Waals surface area contributed by atoms with Crippen molar-refractivity contribution in [1.29, 1.82) is 0 Å². The number of ether oxygens (including phenoxy) is 2. The van der Waals surface area contributed by atoms with Crippen molar-refractivity contribution in [2.24, 2.45) is 0 Å². The summed E-state index contributed by atoms with van der Waals surface area (Å²) in [5, 5.41) is 27.8. The van der Waals surface area contributed by atoms with Crippen molar-refractivity contribution in [2.45, 2.75) is 26.0 Å². The summed E-state index contributed by atoms with van der Waals surface area (Å²) >= 11 is 0. The van der Waals surface area contributed by atoms with E-state index < -0.39 is 6.10 Å². The highest BCUT2D eigenvalue weighted by Gasteiger charge is 2.08. The molecule has 0 bridgehead atoms. The maximum absolute atomic E-state index is 11.7. The Bertz CT molecular complexity index is 677. The standard InChI is InChI=1S/C17H23N5O4/c1-12(23)16-19-21-17(22-20-16)14-5-3-13(4-6-14)11-18-15(24)7-8-26-10-9-25-2/h3-6,12,23H,7-11H2,1-2H3,(H,18,24). The van der Waals surface area contributed by atoms with E-state index in [0.29, 0.717) is 38.6 Å². The number of aromatic nitrogens is 4. The average Bonchev–Trinajstić information content (AvgIpc) is 2.66. The normalized spacial score (nSPS) is 12.0. The molecule has 0 radical (unpaired) electrons. The van der Waals surface area contributed by atoms with Crippen LogP contribution in [0.25, 0.3) is 11.4 Å². The fourth-order valence-electron chi connectivity index (χ4n) is 1.99. The lowest BCUT2D eigenvalue weighted by atomic mass is 10.1. The van der Waals surface area contributed by atoms with Gasteiger partial charge in [-0.3, -0.25) is 4.79 Å². The van der Waals surface area contributed by atoms with E-state index in [4.69, 9.17) is 9.47 Å². The van der Waals surface area contributed by atoms with Crippen LogP contribution >= 0.6 is 0 Å². The van der Waals surface area contributed by atoms with Crippen LogP contribution in [0.4, 0.5) is 0 Å². The Labute approximate surface area is 151 Å². The fourth-order valence-corrected chi connectivity index (χ4v) is 1.99. The van der Waals surface area contributed by atoms with E-state index in [1.54, 1.807) is 14.0 Å². The van der Waals surface area contributed by atoms with E-state index in [-0.39, 0.29) is 11.7 Å². The van der Waals surface area contributed by atoms with Crippen LogP contribution < -0.4 is 5.32 Å². The second kappa shape index (κ2) is 10.5. The Kier molecular flexibility index (Phi) is 8.00. The Morgan fingerprint density at radius 2 is 1.81 bits per heavy atom. The highest BCUT2D eigenvalue weighted by Crippen LogP contribution is 2.14. The van der Waals surface area contributed by atoms with Gasteiger partial charge in [0, 0.05) is 25.6 Å². The van der Waals surface area contributed by atoms with Crippen molar-refractivity contribution >= 4 is 5.91 Å². The Hall–Kier alpha value is -2.49. The molecule has 26 heavy (non-hydrogen) atoms. The molecular weight excluding hydrogens is 338 g/mol. The summed E-state index contributed by atoms with van der Waals surface area (Å²) < 4.78 is 10.1. The van der Waals surface area contributed by atoms with Crippen LogP contribution in [0.15, 0.2) is 24.3 Å². The van der Waals surface area contributed by atoms with Crippen molar-refractivity contribution < 1.29 is 19.4 Å². The smallest absolute Gasteiger partial charge is 0.222 e. The fraction of sp³-hybridized carbons (Fsp3) is 0.471. The molecule has 9 nitrogen and oxygen atoms in total. The number of rotatable bonds is 10. The predicted molar refractivity (Wildman–Crippen MR) is 92.9 cm³/mol. The van der Waals surface area contributed by atoms with Gasteiger partial charge in [0.05, 0.1) is 19.8 Å². The molecule has 1 aromatic carbocycles. The summed E-state index contributed by atoms with van der Waals surface area (Å²) in [6, 6.07) is 7.40. The van der Waals surface area contributed by atoms with Gasteiger partial charge in [-0.15, -0.1) is 20.4 Å². The van der Waals surface area contributed by atoms with E-state index in [0.717, 1.165) is 11.1 Å². The van der Waals surface area contributed by atoms with Gasteiger partial charge in [0.25, 0.3) is 0 Å². The molecule has 1 aromatic heterocycles. The van der Waals surface area contributed by atoms with Crippen LogP contribution in [0.5, 0.6) is 0 Å². The average molecular weight is 361 g/mol. The van der Waals surface area contributed by atoms with Gasteiger partial charge in [0.2, 0.25) is 17.6 Å². The highest BCUT2D eigenvalue weighted by molar-refractivity contribution is 5.75. The van der Waals surface area contributed by atoms with Crippen molar-refractivity contribution in [3.8, 4) is 11.4 Å². The molecule has 2 rings (SSSR count). The van der Waals surface area contributed by atoms with Crippen molar-refractivity contribution in [3.63, 3.8) is 0 Å². The van der Waals surface area contributed by atoms with Crippen LogP contribution in [0.2, 0.25) is 0 Å². The minimum atomic E-state index is -0.805. The number of methoxy groups -OCH3 is 1. The summed E-state index contributed by atoms with van der Waals surface area (Å²) in [6.07, 6.45) is -0.497. The first-order valence-corrected chi connectivity index (χ1v) is 8.28. The van der Waals surface area contributed by atoms with Crippen molar-refractivity contribution in [1.82, 2.24) is 25.7 Å². The number of hydrogen-bond donors (Lipinski definition) is 2. The summed E-state index contributed by atoms with van der Waals surface area (Å²) in [5.41, 5.74) is 1.70. The zero-order chi connectivity index (χ0) is 18.8. The van der Waals surface area contributed by atoms with E-state index in [2.05, 4.69) is 25.7 Å². The molecule has 0 saturated heterocycles. The highest BCUT2D eigenvalue weighted by atomic mass is 16.5. The van der Waals surface area contributed by atoms with Gasteiger partial charge in [-0.1, -0.05) is 24.3 Å². The molecule has 0 aliphatic carbocycles. The second-order valence-electron chi connectivity index (χ2n) is 5.59. The van der Waals surface area contributed by atoms with Gasteiger partial charge in [0.15, 0.2) is 0 Å². The first kappa shape index (κ1) is 19.8. The van der Waals surface area contributed by atoms with Crippen molar-refractivity contribution in [2.75, 3.05) is 26.9 Å². The van der Waals surface area contributed by atoms with Gasteiger partial charge < -0.3 is 19.9 Å². The van der Waals surface area contributed by atoms with Gasteiger partial charge >= 0.3 is 0 Å². The first-order chi connectivity index (χ1) is 12.6. The third-order valence-corrected chi connectivity index (χ3v) is 3.48. The molecule has 9 heteroatoms. The van der Waals surface area contributed by atoms with E-state index in [9.17, 15) is 9.90 Å². The van der Waals surface area contributed by atoms with Crippen LogP contribution in [0.1, 0.15) is 30.8 Å². The summed E-state index contributed by atoms with van der Waals surface area (Å²) in [4.78, 5) is 11.7. The zero-order valence-corrected chi connectivity index (χ0v) is 14.9. The van der Waals surface area contributed by atoms with Crippen molar-refractivity contribution in [3.05, 3.63) is 35.7 Å². The number of aliphatic hydroxyl groups excluding tert-OH is 1. The molecule has 0 fully saturated rings. The van der Waals surface area contributed by atoms with Crippen LogP contribution in [-0.4, -0.2) is 58.3 Å². The zero-order valence-electron chi connectivity index (χ0n) is 14.9. The quantitative estimate of drug-likeness (QED) is 0.592. The van der Waals surface area contributed by atoms with Crippen LogP contribution in [-0.2, 0) is 20.8 Å². The minimum Gasteiger partial charge on any atom is -0.385 e. The Balaban J connectivity index is 1.79. The predicted octanol–water partition coefficient (Wildman–Crippen LogP) is 0.656. The summed E-state index contributed by atoms with van der Waals surface area (Å²) in [5.74, 6) is 0.481. The number of carbonyl (C=O) groups is 1. The molecule has 1 unspecified atom stereocenters. The lowest BCUT2D eigenvalue weighted by Crippen LogP contribution is -2.24. The number of hydrogen-bond acceptors (Lipinski definition) is 8. The largest absolute Gasteiger partial charge is 0.385 e. The number of carbonyl (C=O) groups excluding carboxylic acids is 1. The molecule has 0 spiro atoms. The number of aliphatic hydroxyl groups is 1. The summed E-state index contributed by atoms with van der Waals surface area (Å²) in [7, 11) is 1.60. The second-order valence-corrected chi connectivity index (χ2v) is 5.59.